The molecule has 1 aliphatic rings. The van der Waals surface area contributed by atoms with E-state index in [4.69, 9.17) is 9.47 Å². The molecule has 3 rings (SSSR count). The van der Waals surface area contributed by atoms with Gasteiger partial charge in [0.1, 0.15) is 11.5 Å². The van der Waals surface area contributed by atoms with Crippen LogP contribution in [0.3, 0.4) is 0 Å². The van der Waals surface area contributed by atoms with Crippen molar-refractivity contribution in [2.75, 3.05) is 38.8 Å². The van der Waals surface area contributed by atoms with E-state index >= 15 is 0 Å². The molecular formula is C22H28N2O5S. The first-order valence-corrected chi connectivity index (χ1v) is 11.4. The van der Waals surface area contributed by atoms with Crippen LogP contribution in [0.15, 0.2) is 47.4 Å². The SMILES string of the molecule is COc1cccc(N(C)C(=O)COc2ccc(S(=O)(=O)N3CCCCC3)cc2C)c1. The number of benzene rings is 2. The van der Waals surface area contributed by atoms with Gasteiger partial charge in [0.05, 0.1) is 12.0 Å². The maximum Gasteiger partial charge on any atom is 0.264 e. The first-order valence-electron chi connectivity index (χ1n) is 9.97. The lowest BCUT2D eigenvalue weighted by Gasteiger charge is -2.26. The molecule has 0 aromatic heterocycles. The number of likely N-dealkylation sites (N-methyl/N-ethyl adjacent to an activating group) is 1. The molecule has 0 aliphatic carbocycles. The summed E-state index contributed by atoms with van der Waals surface area (Å²) in [6.07, 6.45) is 2.85. The van der Waals surface area contributed by atoms with Gasteiger partial charge in [0.15, 0.2) is 6.61 Å². The van der Waals surface area contributed by atoms with Crippen molar-refractivity contribution in [2.24, 2.45) is 0 Å². The zero-order valence-electron chi connectivity index (χ0n) is 17.6. The predicted molar refractivity (Wildman–Crippen MR) is 116 cm³/mol. The van der Waals surface area contributed by atoms with E-state index < -0.39 is 10.0 Å². The summed E-state index contributed by atoms with van der Waals surface area (Å²) in [5.41, 5.74) is 1.37. The number of amides is 1. The summed E-state index contributed by atoms with van der Waals surface area (Å²) < 4.78 is 38.1. The maximum atomic E-state index is 12.8. The molecule has 162 valence electrons. The topological polar surface area (TPSA) is 76.1 Å². The van der Waals surface area contributed by atoms with Gasteiger partial charge >= 0.3 is 0 Å². The van der Waals surface area contributed by atoms with Crippen molar-refractivity contribution in [3.8, 4) is 11.5 Å². The van der Waals surface area contributed by atoms with E-state index in [0.717, 1.165) is 19.3 Å². The van der Waals surface area contributed by atoms with Crippen LogP contribution in [0.25, 0.3) is 0 Å². The molecule has 0 N–H and O–H groups in total. The van der Waals surface area contributed by atoms with Crippen molar-refractivity contribution in [1.82, 2.24) is 4.31 Å². The Bertz CT molecular complexity index is 1000. The first-order chi connectivity index (χ1) is 14.3. The van der Waals surface area contributed by atoms with Crippen LogP contribution in [-0.2, 0) is 14.8 Å². The van der Waals surface area contributed by atoms with Gasteiger partial charge in [0.25, 0.3) is 5.91 Å². The van der Waals surface area contributed by atoms with Crippen LogP contribution >= 0.6 is 0 Å². The van der Waals surface area contributed by atoms with E-state index in [0.29, 0.717) is 35.8 Å². The van der Waals surface area contributed by atoms with Gasteiger partial charge < -0.3 is 14.4 Å². The molecule has 1 saturated heterocycles. The van der Waals surface area contributed by atoms with Gasteiger partial charge in [0, 0.05) is 31.9 Å². The molecule has 1 fully saturated rings. The fourth-order valence-electron chi connectivity index (χ4n) is 3.40. The van der Waals surface area contributed by atoms with Crippen molar-refractivity contribution >= 4 is 21.6 Å². The number of nitrogens with zero attached hydrogens (tertiary/aromatic N) is 2. The van der Waals surface area contributed by atoms with Gasteiger partial charge in [-0.1, -0.05) is 12.5 Å². The average Bonchev–Trinajstić information content (AvgIpc) is 2.78. The van der Waals surface area contributed by atoms with Crippen LogP contribution in [0.5, 0.6) is 11.5 Å². The highest BCUT2D eigenvalue weighted by Crippen LogP contribution is 2.26. The summed E-state index contributed by atoms with van der Waals surface area (Å²) in [5.74, 6) is 0.919. The Labute approximate surface area is 178 Å². The second kappa shape index (κ2) is 9.49. The van der Waals surface area contributed by atoms with Gasteiger partial charge in [-0.2, -0.15) is 4.31 Å². The van der Waals surface area contributed by atoms with Crippen LogP contribution in [-0.4, -0.2) is 52.5 Å². The number of ether oxygens (including phenoxy) is 2. The van der Waals surface area contributed by atoms with Gasteiger partial charge in [-0.3, -0.25) is 4.79 Å². The van der Waals surface area contributed by atoms with E-state index in [9.17, 15) is 13.2 Å². The molecule has 0 saturated carbocycles. The quantitative estimate of drug-likeness (QED) is 0.672. The first kappa shape index (κ1) is 22.1. The largest absolute Gasteiger partial charge is 0.497 e. The van der Waals surface area contributed by atoms with Crippen LogP contribution in [0.1, 0.15) is 24.8 Å². The lowest BCUT2D eigenvalue weighted by molar-refractivity contribution is -0.120. The van der Waals surface area contributed by atoms with Gasteiger partial charge in [-0.15, -0.1) is 0 Å². The van der Waals surface area contributed by atoms with Crippen LogP contribution in [0.4, 0.5) is 5.69 Å². The normalized spacial score (nSPS) is 14.9. The minimum absolute atomic E-state index is 0.160. The summed E-state index contributed by atoms with van der Waals surface area (Å²) in [5, 5.41) is 0. The van der Waals surface area contributed by atoms with E-state index in [1.807, 2.05) is 12.1 Å². The van der Waals surface area contributed by atoms with Crippen molar-refractivity contribution in [2.45, 2.75) is 31.1 Å². The van der Waals surface area contributed by atoms with Crippen LogP contribution in [0.2, 0.25) is 0 Å². The van der Waals surface area contributed by atoms with E-state index in [1.165, 1.54) is 4.90 Å². The van der Waals surface area contributed by atoms with Gasteiger partial charge in [0.2, 0.25) is 10.0 Å². The number of methoxy groups -OCH3 is 1. The van der Waals surface area contributed by atoms with Crippen molar-refractivity contribution in [1.29, 1.82) is 0 Å². The molecule has 8 heteroatoms. The second-order valence-electron chi connectivity index (χ2n) is 7.33. The Balaban J connectivity index is 1.66. The van der Waals surface area contributed by atoms with E-state index in [-0.39, 0.29) is 17.4 Å². The highest BCUT2D eigenvalue weighted by Gasteiger charge is 2.26. The number of aryl methyl sites for hydroxylation is 1. The Kier molecular flexibility index (Phi) is 6.99. The number of rotatable bonds is 7. The summed E-state index contributed by atoms with van der Waals surface area (Å²) in [6.45, 7) is 2.74. The maximum absolute atomic E-state index is 12.8. The van der Waals surface area contributed by atoms with Gasteiger partial charge in [-0.25, -0.2) is 8.42 Å². The molecule has 2 aromatic rings. The highest BCUT2D eigenvalue weighted by atomic mass is 32.2. The summed E-state index contributed by atoms with van der Waals surface area (Å²) in [6, 6.07) is 12.0. The molecule has 1 aliphatic heterocycles. The lowest BCUT2D eigenvalue weighted by atomic mass is 10.2. The molecule has 30 heavy (non-hydrogen) atoms. The lowest BCUT2D eigenvalue weighted by Crippen LogP contribution is -2.35. The van der Waals surface area contributed by atoms with Crippen molar-refractivity contribution in [3.63, 3.8) is 0 Å². The third-order valence-electron chi connectivity index (χ3n) is 5.27. The molecule has 0 radical (unpaired) electrons. The fraction of sp³-hybridized carbons (Fsp3) is 0.409. The van der Waals surface area contributed by atoms with E-state index in [1.54, 1.807) is 55.7 Å². The highest BCUT2D eigenvalue weighted by molar-refractivity contribution is 7.89. The third-order valence-corrected chi connectivity index (χ3v) is 7.16. The summed E-state index contributed by atoms with van der Waals surface area (Å²) >= 11 is 0. The predicted octanol–water partition coefficient (Wildman–Crippen LogP) is 3.22. The number of carbonyl (C=O) groups is 1. The van der Waals surface area contributed by atoms with Crippen molar-refractivity contribution in [3.05, 3.63) is 48.0 Å². The monoisotopic (exact) mass is 432 g/mol. The Morgan fingerprint density at radius 2 is 1.83 bits per heavy atom. The second-order valence-corrected chi connectivity index (χ2v) is 9.27. The van der Waals surface area contributed by atoms with E-state index in [2.05, 4.69) is 0 Å². The Morgan fingerprint density at radius 1 is 1.10 bits per heavy atom. The number of hydrogen-bond donors (Lipinski definition) is 0. The fourth-order valence-corrected chi connectivity index (χ4v) is 5.00. The smallest absolute Gasteiger partial charge is 0.264 e. The Morgan fingerprint density at radius 3 is 2.50 bits per heavy atom. The summed E-state index contributed by atoms with van der Waals surface area (Å²) in [4.78, 5) is 14.3. The number of piperidine rings is 1. The number of sulfonamides is 1. The van der Waals surface area contributed by atoms with Crippen LogP contribution in [0, 0.1) is 6.92 Å². The Hall–Kier alpha value is -2.58. The molecule has 0 atom stereocenters. The number of anilines is 1. The standard InChI is InChI=1S/C22H28N2O5S/c1-17-14-20(30(26,27)24-12-5-4-6-13-24)10-11-21(17)29-16-22(25)23(2)18-8-7-9-19(15-18)28-3/h7-11,14-15H,4-6,12-13,16H2,1-3H3. The molecule has 0 bridgehead atoms. The molecule has 7 nitrogen and oxygen atoms in total. The molecule has 0 spiro atoms. The molecule has 2 aromatic carbocycles. The third kappa shape index (κ3) is 4.94. The zero-order chi connectivity index (χ0) is 21.7. The number of hydrogen-bond acceptors (Lipinski definition) is 5. The average molecular weight is 433 g/mol. The van der Waals surface area contributed by atoms with Gasteiger partial charge in [-0.05, 0) is 55.7 Å². The van der Waals surface area contributed by atoms with Crippen molar-refractivity contribution < 1.29 is 22.7 Å². The molecular weight excluding hydrogens is 404 g/mol. The molecule has 1 heterocycles. The number of carbonyl (C=O) groups excluding carboxylic acids is 1. The summed E-state index contributed by atoms with van der Waals surface area (Å²) in [7, 11) is -0.258. The zero-order valence-corrected chi connectivity index (χ0v) is 18.4. The molecule has 0 unspecified atom stereocenters. The van der Waals surface area contributed by atoms with Crippen LogP contribution < -0.4 is 14.4 Å². The minimum Gasteiger partial charge on any atom is -0.497 e. The molecule has 1 amide bonds. The minimum atomic E-state index is -3.50.